The molecule has 2 nitrogen and oxygen atoms in total. The van der Waals surface area contributed by atoms with Crippen molar-refractivity contribution in [2.75, 3.05) is 14.1 Å². The zero-order valence-corrected chi connectivity index (χ0v) is 7.33. The first-order valence-corrected chi connectivity index (χ1v) is 4.54. The van der Waals surface area contributed by atoms with Crippen LogP contribution in [0.25, 0.3) is 0 Å². The zero-order valence-electron chi connectivity index (χ0n) is 7.33. The molecule has 0 aromatic rings. The minimum Gasteiger partial charge on any atom is -0.391 e. The molecule has 2 aliphatic rings. The van der Waals surface area contributed by atoms with E-state index in [1.54, 1.807) is 0 Å². The molecule has 0 heterocycles. The summed E-state index contributed by atoms with van der Waals surface area (Å²) in [5, 5.41) is 9.81. The summed E-state index contributed by atoms with van der Waals surface area (Å²) >= 11 is 0. The normalized spacial score (nSPS) is 49.1. The Morgan fingerprint density at radius 1 is 1.18 bits per heavy atom. The first kappa shape index (κ1) is 7.56. The lowest BCUT2D eigenvalue weighted by Crippen LogP contribution is -2.43. The zero-order chi connectivity index (χ0) is 8.01. The Hall–Kier alpha value is -0.0800. The van der Waals surface area contributed by atoms with E-state index in [9.17, 15) is 5.11 Å². The molecule has 2 saturated carbocycles. The first-order valence-electron chi connectivity index (χ1n) is 4.54. The van der Waals surface area contributed by atoms with E-state index in [-0.39, 0.29) is 6.10 Å². The fraction of sp³-hybridized carbons (Fsp3) is 1.00. The Bertz CT molecular complexity index is 156. The highest BCUT2D eigenvalue weighted by molar-refractivity contribution is 5.00. The summed E-state index contributed by atoms with van der Waals surface area (Å²) in [5.41, 5.74) is 0. The number of rotatable bonds is 1. The quantitative estimate of drug-likeness (QED) is 0.602. The number of fused-ring (bicyclic) bond motifs is 2. The summed E-state index contributed by atoms with van der Waals surface area (Å²) in [7, 11) is 4.16. The Kier molecular flexibility index (Phi) is 1.69. The van der Waals surface area contributed by atoms with Gasteiger partial charge in [0.05, 0.1) is 6.10 Å². The largest absolute Gasteiger partial charge is 0.391 e. The van der Waals surface area contributed by atoms with Crippen LogP contribution in [0.3, 0.4) is 0 Å². The lowest BCUT2D eigenvalue weighted by molar-refractivity contribution is 0.0349. The van der Waals surface area contributed by atoms with Gasteiger partial charge in [-0.05, 0) is 45.2 Å². The molecule has 2 aliphatic carbocycles. The van der Waals surface area contributed by atoms with Crippen molar-refractivity contribution in [3.63, 3.8) is 0 Å². The highest BCUT2D eigenvalue weighted by Gasteiger charge is 2.47. The Morgan fingerprint density at radius 3 is 2.18 bits per heavy atom. The van der Waals surface area contributed by atoms with Crippen molar-refractivity contribution in [3.8, 4) is 0 Å². The first-order chi connectivity index (χ1) is 5.20. The molecule has 11 heavy (non-hydrogen) atoms. The molecule has 0 unspecified atom stereocenters. The number of hydrogen-bond acceptors (Lipinski definition) is 2. The fourth-order valence-corrected chi connectivity index (χ4v) is 2.96. The van der Waals surface area contributed by atoms with E-state index in [0.717, 1.165) is 5.92 Å². The summed E-state index contributed by atoms with van der Waals surface area (Å²) in [6.45, 7) is 0. The van der Waals surface area contributed by atoms with Gasteiger partial charge in [0.25, 0.3) is 0 Å². The molecule has 2 rings (SSSR count). The highest BCUT2D eigenvalue weighted by atomic mass is 16.3. The third-order valence-corrected chi connectivity index (χ3v) is 3.43. The van der Waals surface area contributed by atoms with Crippen molar-refractivity contribution in [3.05, 3.63) is 0 Å². The maximum absolute atomic E-state index is 9.81. The number of likely N-dealkylation sites (N-methyl/N-ethyl adjacent to an activating group) is 1. The number of aliphatic hydroxyl groups is 1. The van der Waals surface area contributed by atoms with E-state index >= 15 is 0 Å². The van der Waals surface area contributed by atoms with Crippen LogP contribution in [0, 0.1) is 11.8 Å². The predicted molar refractivity (Wildman–Crippen MR) is 44.3 cm³/mol. The van der Waals surface area contributed by atoms with Gasteiger partial charge in [0.2, 0.25) is 0 Å². The summed E-state index contributed by atoms with van der Waals surface area (Å²) in [6, 6.07) is 0.453. The van der Waals surface area contributed by atoms with Crippen LogP contribution in [-0.4, -0.2) is 36.2 Å². The van der Waals surface area contributed by atoms with Crippen molar-refractivity contribution in [1.82, 2.24) is 4.90 Å². The smallest absolute Gasteiger partial charge is 0.0726 e. The minimum absolute atomic E-state index is 0.0382. The molecular weight excluding hydrogens is 138 g/mol. The lowest BCUT2D eigenvalue weighted by atomic mass is 9.92. The molecule has 2 fully saturated rings. The molecule has 4 atom stereocenters. The third-order valence-electron chi connectivity index (χ3n) is 3.43. The van der Waals surface area contributed by atoms with E-state index in [1.807, 2.05) is 0 Å². The van der Waals surface area contributed by atoms with Crippen LogP contribution in [0.5, 0.6) is 0 Å². The summed E-state index contributed by atoms with van der Waals surface area (Å²) in [5.74, 6) is 1.40. The van der Waals surface area contributed by atoms with Crippen LogP contribution in [0.1, 0.15) is 19.3 Å². The molecule has 0 amide bonds. The number of hydrogen-bond donors (Lipinski definition) is 1. The van der Waals surface area contributed by atoms with Crippen molar-refractivity contribution in [2.45, 2.75) is 31.4 Å². The van der Waals surface area contributed by atoms with Crippen molar-refractivity contribution >= 4 is 0 Å². The van der Waals surface area contributed by atoms with Gasteiger partial charge in [-0.25, -0.2) is 0 Å². The summed E-state index contributed by atoms with van der Waals surface area (Å²) in [6.07, 6.45) is 3.83. The van der Waals surface area contributed by atoms with Crippen LogP contribution in [-0.2, 0) is 0 Å². The Balaban J connectivity index is 2.11. The van der Waals surface area contributed by atoms with Crippen LogP contribution >= 0.6 is 0 Å². The van der Waals surface area contributed by atoms with Gasteiger partial charge in [-0.2, -0.15) is 0 Å². The molecule has 0 aromatic heterocycles. The molecule has 0 radical (unpaired) electrons. The molecule has 64 valence electrons. The Labute approximate surface area is 68.2 Å². The average molecular weight is 155 g/mol. The predicted octanol–water partition coefficient (Wildman–Crippen LogP) is 0.707. The van der Waals surface area contributed by atoms with Gasteiger partial charge in [-0.1, -0.05) is 0 Å². The highest BCUT2D eigenvalue weighted by Crippen LogP contribution is 2.46. The van der Waals surface area contributed by atoms with Crippen molar-refractivity contribution in [2.24, 2.45) is 11.8 Å². The van der Waals surface area contributed by atoms with Gasteiger partial charge in [0.15, 0.2) is 0 Å². The fourth-order valence-electron chi connectivity index (χ4n) is 2.96. The topological polar surface area (TPSA) is 23.5 Å². The molecular formula is C9H17NO. The second-order valence-electron chi connectivity index (χ2n) is 4.28. The van der Waals surface area contributed by atoms with Gasteiger partial charge in [-0.3, -0.25) is 0 Å². The van der Waals surface area contributed by atoms with Gasteiger partial charge in [0, 0.05) is 6.04 Å². The molecule has 1 N–H and O–H groups in total. The lowest BCUT2D eigenvalue weighted by Gasteiger charge is -2.32. The maximum Gasteiger partial charge on any atom is 0.0726 e. The van der Waals surface area contributed by atoms with Gasteiger partial charge in [0.1, 0.15) is 0 Å². The van der Waals surface area contributed by atoms with Gasteiger partial charge >= 0.3 is 0 Å². The van der Waals surface area contributed by atoms with E-state index in [0.29, 0.717) is 12.0 Å². The van der Waals surface area contributed by atoms with Crippen LogP contribution in [0.4, 0.5) is 0 Å². The standard InChI is InChI=1S/C9H17NO/c1-10(2)8-6-3-4-7(5-6)9(8)11/h6-9,11H,3-5H2,1-2H3/t6-,7+,8-,9-/m1/s1. The van der Waals surface area contributed by atoms with E-state index < -0.39 is 0 Å². The minimum atomic E-state index is -0.0382. The van der Waals surface area contributed by atoms with Crippen LogP contribution in [0.2, 0.25) is 0 Å². The van der Waals surface area contributed by atoms with Crippen LogP contribution in [0.15, 0.2) is 0 Å². The van der Waals surface area contributed by atoms with Crippen molar-refractivity contribution in [1.29, 1.82) is 0 Å². The number of aliphatic hydroxyl groups excluding tert-OH is 1. The maximum atomic E-state index is 9.81. The van der Waals surface area contributed by atoms with Crippen molar-refractivity contribution < 1.29 is 5.11 Å². The molecule has 2 bridgehead atoms. The van der Waals surface area contributed by atoms with Gasteiger partial charge < -0.3 is 10.0 Å². The average Bonchev–Trinajstić information content (AvgIpc) is 2.44. The molecule has 0 aromatic carbocycles. The molecule has 0 spiro atoms. The second-order valence-corrected chi connectivity index (χ2v) is 4.28. The van der Waals surface area contributed by atoms with Gasteiger partial charge in [-0.15, -0.1) is 0 Å². The molecule has 0 aliphatic heterocycles. The number of nitrogens with zero attached hydrogens (tertiary/aromatic N) is 1. The molecule has 2 heteroatoms. The van der Waals surface area contributed by atoms with E-state index in [2.05, 4.69) is 19.0 Å². The SMILES string of the molecule is CN(C)[C@@H]1[C@@H]2CC[C@@H](C2)[C@H]1O. The Morgan fingerprint density at radius 2 is 1.82 bits per heavy atom. The van der Waals surface area contributed by atoms with E-state index in [1.165, 1.54) is 19.3 Å². The second kappa shape index (κ2) is 2.46. The molecule has 0 saturated heterocycles. The van der Waals surface area contributed by atoms with Crippen LogP contribution < -0.4 is 0 Å². The third kappa shape index (κ3) is 1.00. The summed E-state index contributed by atoms with van der Waals surface area (Å²) in [4.78, 5) is 2.19. The van der Waals surface area contributed by atoms with E-state index in [4.69, 9.17) is 0 Å². The summed E-state index contributed by atoms with van der Waals surface area (Å²) < 4.78 is 0. The monoisotopic (exact) mass is 155 g/mol.